The number of nitrogens with zero attached hydrogens (tertiary/aromatic N) is 3. The lowest BCUT2D eigenvalue weighted by Crippen LogP contribution is -2.37. The van der Waals surface area contributed by atoms with Crippen LogP contribution in [0.3, 0.4) is 0 Å². The van der Waals surface area contributed by atoms with Gasteiger partial charge in [0.25, 0.3) is 5.56 Å². The van der Waals surface area contributed by atoms with Crippen molar-refractivity contribution in [1.82, 2.24) is 19.1 Å². The summed E-state index contributed by atoms with van der Waals surface area (Å²) in [5.41, 5.74) is -0.352. The van der Waals surface area contributed by atoms with E-state index < -0.39 is 5.56 Å². The molecule has 0 aromatic carbocycles. The summed E-state index contributed by atoms with van der Waals surface area (Å²) in [7, 11) is 3.04. The fourth-order valence-corrected chi connectivity index (χ4v) is 2.41. The Hall–Kier alpha value is -1.76. The van der Waals surface area contributed by atoms with Gasteiger partial charge in [0.1, 0.15) is 21.5 Å². The minimum absolute atomic E-state index is 0.0254. The van der Waals surface area contributed by atoms with Gasteiger partial charge >= 0.3 is 5.69 Å². The molecule has 0 amide bonds. The van der Waals surface area contributed by atoms with E-state index >= 15 is 0 Å². The quantitative estimate of drug-likeness (QED) is 0.804. The first-order valence-corrected chi connectivity index (χ1v) is 6.71. The molecule has 0 radical (unpaired) electrons. The van der Waals surface area contributed by atoms with Gasteiger partial charge in [0, 0.05) is 20.5 Å². The molecule has 6 nitrogen and oxygen atoms in total. The van der Waals surface area contributed by atoms with E-state index in [2.05, 4.69) is 30.7 Å². The topological polar surface area (TPSA) is 72.7 Å². The highest BCUT2D eigenvalue weighted by atomic mass is 32.1. The van der Waals surface area contributed by atoms with Crippen LogP contribution in [0.25, 0.3) is 11.0 Å². The summed E-state index contributed by atoms with van der Waals surface area (Å²) in [4.78, 5) is 31.5. The largest absolute Gasteiger partial charge is 0.332 e. The normalized spacial score (nSPS) is 12.1. The molecule has 2 aromatic rings. The Morgan fingerprint density at radius 1 is 1.20 bits per heavy atom. The summed E-state index contributed by atoms with van der Waals surface area (Å²) >= 11 is 5.22. The maximum atomic E-state index is 12.1. The van der Waals surface area contributed by atoms with Crippen molar-refractivity contribution in [3.63, 3.8) is 0 Å². The molecule has 0 unspecified atom stereocenters. The lowest BCUT2D eigenvalue weighted by molar-refractivity contribution is 0.401. The number of H-pyrrole nitrogens is 1. The zero-order chi connectivity index (χ0) is 15.2. The minimum atomic E-state index is -0.417. The number of aromatic nitrogens is 4. The summed E-state index contributed by atoms with van der Waals surface area (Å²) in [6.07, 6.45) is 0.677. The Balaban J connectivity index is 2.89. The van der Waals surface area contributed by atoms with Crippen molar-refractivity contribution in [3.05, 3.63) is 31.3 Å². The molecule has 0 spiro atoms. The van der Waals surface area contributed by atoms with Crippen molar-refractivity contribution >= 4 is 23.3 Å². The second kappa shape index (κ2) is 4.66. The van der Waals surface area contributed by atoms with Crippen LogP contribution in [0.1, 0.15) is 26.6 Å². The van der Waals surface area contributed by atoms with Crippen LogP contribution < -0.4 is 11.2 Å². The summed E-state index contributed by atoms with van der Waals surface area (Å²) in [6, 6.07) is 0. The second-order valence-corrected chi connectivity index (χ2v) is 6.54. The maximum Gasteiger partial charge on any atom is 0.332 e. The average molecular weight is 294 g/mol. The zero-order valence-corrected chi connectivity index (χ0v) is 13.1. The van der Waals surface area contributed by atoms with Gasteiger partial charge in [-0.1, -0.05) is 33.0 Å². The summed E-state index contributed by atoms with van der Waals surface area (Å²) in [5, 5.41) is 0.280. The van der Waals surface area contributed by atoms with Crippen molar-refractivity contribution in [1.29, 1.82) is 0 Å². The number of nitrogens with one attached hydrogen (secondary N) is 1. The summed E-state index contributed by atoms with van der Waals surface area (Å²) < 4.78 is 2.66. The Morgan fingerprint density at radius 2 is 1.80 bits per heavy atom. The highest BCUT2D eigenvalue weighted by Gasteiger charge is 2.16. The molecule has 20 heavy (non-hydrogen) atoms. The van der Waals surface area contributed by atoms with E-state index in [1.54, 1.807) is 7.05 Å². The lowest BCUT2D eigenvalue weighted by Gasteiger charge is -2.18. The van der Waals surface area contributed by atoms with Gasteiger partial charge in [0.15, 0.2) is 0 Å². The van der Waals surface area contributed by atoms with Gasteiger partial charge in [-0.05, 0) is 5.41 Å². The summed E-state index contributed by atoms with van der Waals surface area (Å²) in [6.45, 7) is 6.25. The van der Waals surface area contributed by atoms with Crippen LogP contribution in [0.4, 0.5) is 0 Å². The van der Waals surface area contributed by atoms with E-state index in [1.165, 1.54) is 11.6 Å². The molecule has 0 atom stereocenters. The third-order valence-corrected chi connectivity index (χ3v) is 3.37. The van der Waals surface area contributed by atoms with Crippen molar-refractivity contribution in [2.24, 2.45) is 19.5 Å². The van der Waals surface area contributed by atoms with Crippen LogP contribution in [0.2, 0.25) is 0 Å². The number of aryl methyl sites for hydroxylation is 1. The predicted molar refractivity (Wildman–Crippen MR) is 80.6 cm³/mol. The molecule has 0 bridgehead atoms. The van der Waals surface area contributed by atoms with Crippen molar-refractivity contribution in [2.75, 3.05) is 0 Å². The molecule has 1 N–H and O–H groups in total. The first-order chi connectivity index (χ1) is 9.11. The molecule has 0 saturated heterocycles. The molecular formula is C13H18N4O2S. The van der Waals surface area contributed by atoms with Crippen LogP contribution in [-0.2, 0) is 20.5 Å². The number of rotatable bonds is 1. The third kappa shape index (κ3) is 2.45. The predicted octanol–water partition coefficient (Wildman–Crippen LogP) is 1.28. The van der Waals surface area contributed by atoms with Crippen LogP contribution in [0.5, 0.6) is 0 Å². The average Bonchev–Trinajstić information content (AvgIpc) is 2.31. The van der Waals surface area contributed by atoms with E-state index in [0.717, 1.165) is 4.57 Å². The first kappa shape index (κ1) is 14.6. The van der Waals surface area contributed by atoms with E-state index in [9.17, 15) is 9.59 Å². The monoisotopic (exact) mass is 294 g/mol. The fraction of sp³-hybridized carbons (Fsp3) is 0.538. The SMILES string of the molecule is Cn1c(=O)c2c(=S)nc(CC(C)(C)C)[nH]c2n(C)c1=O. The molecule has 0 aliphatic carbocycles. The smallest absolute Gasteiger partial charge is 0.329 e. The number of hydrogen-bond donors (Lipinski definition) is 1. The molecule has 2 aromatic heterocycles. The van der Waals surface area contributed by atoms with Crippen LogP contribution >= 0.6 is 12.2 Å². The number of fused-ring (bicyclic) bond motifs is 1. The molecule has 108 valence electrons. The Kier molecular flexibility index (Phi) is 3.41. The van der Waals surface area contributed by atoms with Gasteiger partial charge in [-0.2, -0.15) is 0 Å². The maximum absolute atomic E-state index is 12.1. The van der Waals surface area contributed by atoms with Crippen LogP contribution in [0.15, 0.2) is 9.59 Å². The highest BCUT2D eigenvalue weighted by Crippen LogP contribution is 2.19. The van der Waals surface area contributed by atoms with Gasteiger partial charge in [-0.25, -0.2) is 9.78 Å². The third-order valence-electron chi connectivity index (χ3n) is 3.08. The number of hydrogen-bond acceptors (Lipinski definition) is 4. The van der Waals surface area contributed by atoms with Crippen LogP contribution in [-0.4, -0.2) is 19.1 Å². The molecule has 2 rings (SSSR count). The molecule has 0 fully saturated rings. The van der Waals surface area contributed by atoms with Crippen LogP contribution in [0, 0.1) is 10.1 Å². The first-order valence-electron chi connectivity index (χ1n) is 6.31. The zero-order valence-electron chi connectivity index (χ0n) is 12.3. The Labute approximate surface area is 121 Å². The van der Waals surface area contributed by atoms with Gasteiger partial charge in [0.05, 0.1) is 0 Å². The molecule has 2 heterocycles. The van der Waals surface area contributed by atoms with E-state index in [1.807, 2.05) is 0 Å². The fourth-order valence-electron chi connectivity index (χ4n) is 2.11. The van der Waals surface area contributed by atoms with E-state index in [0.29, 0.717) is 17.9 Å². The van der Waals surface area contributed by atoms with Gasteiger partial charge in [0.2, 0.25) is 0 Å². The van der Waals surface area contributed by atoms with Crippen molar-refractivity contribution in [3.8, 4) is 0 Å². The molecule has 0 aliphatic rings. The molecule has 0 saturated carbocycles. The Bertz CT molecular complexity index is 852. The summed E-state index contributed by atoms with van der Waals surface area (Å²) in [5.74, 6) is 0.679. The molecular weight excluding hydrogens is 276 g/mol. The van der Waals surface area contributed by atoms with Gasteiger partial charge in [-0.3, -0.25) is 13.9 Å². The lowest BCUT2D eigenvalue weighted by atomic mass is 9.92. The standard InChI is InChI=1S/C13H18N4O2S/c1-13(2,3)6-7-14-9-8(10(20)15-7)11(18)17(5)12(19)16(9)4/h6H2,1-5H3,(H,14,15,20). The van der Waals surface area contributed by atoms with Crippen molar-refractivity contribution in [2.45, 2.75) is 27.2 Å². The Morgan fingerprint density at radius 3 is 2.35 bits per heavy atom. The number of aromatic amines is 1. The minimum Gasteiger partial charge on any atom is -0.329 e. The van der Waals surface area contributed by atoms with E-state index in [-0.39, 0.29) is 21.1 Å². The molecule has 7 heteroatoms. The molecule has 0 aliphatic heterocycles. The highest BCUT2D eigenvalue weighted by molar-refractivity contribution is 7.71. The van der Waals surface area contributed by atoms with Gasteiger partial charge < -0.3 is 4.98 Å². The van der Waals surface area contributed by atoms with Gasteiger partial charge in [-0.15, -0.1) is 0 Å². The van der Waals surface area contributed by atoms with Crippen molar-refractivity contribution < 1.29 is 0 Å². The van der Waals surface area contributed by atoms with E-state index in [4.69, 9.17) is 12.2 Å². The second-order valence-electron chi connectivity index (χ2n) is 6.16.